The van der Waals surface area contributed by atoms with Crippen molar-refractivity contribution in [1.82, 2.24) is 10.3 Å². The van der Waals surface area contributed by atoms with E-state index in [-0.39, 0.29) is 18.1 Å². The maximum Gasteiger partial charge on any atom is 0.251 e. The molecule has 0 saturated carbocycles. The van der Waals surface area contributed by atoms with Crippen molar-refractivity contribution >= 4 is 21.8 Å². The first kappa shape index (κ1) is 12.7. The second kappa shape index (κ2) is 5.73. The van der Waals surface area contributed by atoms with Crippen LogP contribution in [0.25, 0.3) is 0 Å². The van der Waals surface area contributed by atoms with Crippen LogP contribution in [0, 0.1) is 5.82 Å². The molecule has 0 fully saturated rings. The van der Waals surface area contributed by atoms with Crippen LogP contribution >= 0.6 is 15.9 Å². The van der Waals surface area contributed by atoms with E-state index in [1.807, 2.05) is 0 Å². The number of hydrogen-bond acceptors (Lipinski definition) is 2. The molecule has 5 heteroatoms. The van der Waals surface area contributed by atoms with Gasteiger partial charge in [-0.15, -0.1) is 0 Å². The lowest BCUT2D eigenvalue weighted by Crippen LogP contribution is -2.23. The number of hydrogen-bond donors (Lipinski definition) is 1. The maximum atomic E-state index is 13.3. The Morgan fingerprint density at radius 2 is 2.00 bits per heavy atom. The summed E-state index contributed by atoms with van der Waals surface area (Å²) < 4.78 is 14.2. The molecule has 1 heterocycles. The van der Waals surface area contributed by atoms with Crippen molar-refractivity contribution in [2.24, 2.45) is 0 Å². The molecular weight excluding hydrogens is 299 g/mol. The van der Waals surface area contributed by atoms with E-state index in [0.717, 1.165) is 4.47 Å². The number of rotatable bonds is 3. The Morgan fingerprint density at radius 1 is 1.28 bits per heavy atom. The van der Waals surface area contributed by atoms with Crippen molar-refractivity contribution in [1.29, 1.82) is 0 Å². The van der Waals surface area contributed by atoms with Crippen LogP contribution in [0.3, 0.4) is 0 Å². The van der Waals surface area contributed by atoms with Crippen LogP contribution in [-0.2, 0) is 6.54 Å². The van der Waals surface area contributed by atoms with Gasteiger partial charge in [-0.05, 0) is 36.4 Å². The van der Waals surface area contributed by atoms with Gasteiger partial charge in [-0.25, -0.2) is 4.39 Å². The molecule has 2 aromatic rings. The average molecular weight is 309 g/mol. The highest BCUT2D eigenvalue weighted by molar-refractivity contribution is 9.10. The predicted molar refractivity (Wildman–Crippen MR) is 69.5 cm³/mol. The summed E-state index contributed by atoms with van der Waals surface area (Å²) in [5, 5.41) is 2.62. The number of amides is 1. The Kier molecular flexibility index (Phi) is 4.04. The van der Waals surface area contributed by atoms with Crippen LogP contribution in [0.15, 0.2) is 47.1 Å². The van der Waals surface area contributed by atoms with Crippen molar-refractivity contribution in [2.45, 2.75) is 6.54 Å². The highest BCUT2D eigenvalue weighted by Crippen LogP contribution is 2.10. The smallest absolute Gasteiger partial charge is 0.251 e. The third kappa shape index (κ3) is 3.13. The number of carbonyl (C=O) groups is 1. The number of benzene rings is 1. The summed E-state index contributed by atoms with van der Waals surface area (Å²) in [5.41, 5.74) is 0.748. The minimum absolute atomic E-state index is 0.0710. The highest BCUT2D eigenvalue weighted by Gasteiger charge is 2.07. The fourth-order valence-corrected chi connectivity index (χ4v) is 1.68. The van der Waals surface area contributed by atoms with E-state index in [1.54, 1.807) is 24.3 Å². The van der Waals surface area contributed by atoms with Crippen LogP contribution in [0.1, 0.15) is 16.1 Å². The summed E-state index contributed by atoms with van der Waals surface area (Å²) in [6.07, 6.45) is 1.49. The number of pyridine rings is 1. The fraction of sp³-hybridized carbons (Fsp3) is 0.0769. The van der Waals surface area contributed by atoms with E-state index in [0.29, 0.717) is 5.56 Å². The first-order chi connectivity index (χ1) is 8.66. The van der Waals surface area contributed by atoms with Gasteiger partial charge in [-0.2, -0.15) is 0 Å². The molecule has 18 heavy (non-hydrogen) atoms. The molecule has 1 aromatic carbocycles. The molecule has 0 bridgehead atoms. The summed E-state index contributed by atoms with van der Waals surface area (Å²) in [7, 11) is 0. The fourth-order valence-electron chi connectivity index (χ4n) is 1.42. The quantitative estimate of drug-likeness (QED) is 0.947. The third-order valence-electron chi connectivity index (χ3n) is 2.36. The maximum absolute atomic E-state index is 13.3. The number of carbonyl (C=O) groups excluding carboxylic acids is 1. The lowest BCUT2D eigenvalue weighted by atomic mass is 10.2. The molecule has 1 aromatic heterocycles. The second-order valence-electron chi connectivity index (χ2n) is 3.62. The van der Waals surface area contributed by atoms with Gasteiger partial charge in [-0.1, -0.05) is 15.9 Å². The molecule has 0 aliphatic heterocycles. The Morgan fingerprint density at radius 3 is 2.67 bits per heavy atom. The summed E-state index contributed by atoms with van der Waals surface area (Å²) in [4.78, 5) is 15.6. The van der Waals surface area contributed by atoms with E-state index >= 15 is 0 Å². The zero-order valence-corrected chi connectivity index (χ0v) is 10.9. The van der Waals surface area contributed by atoms with Crippen LogP contribution in [-0.4, -0.2) is 10.9 Å². The van der Waals surface area contributed by atoms with Crippen LogP contribution < -0.4 is 5.32 Å². The summed E-state index contributed by atoms with van der Waals surface area (Å²) in [6.45, 7) is 0.0710. The Bertz CT molecular complexity index is 557. The van der Waals surface area contributed by atoms with Gasteiger partial charge in [0.1, 0.15) is 5.82 Å². The molecule has 0 aliphatic carbocycles. The van der Waals surface area contributed by atoms with E-state index in [2.05, 4.69) is 26.2 Å². The Labute approximate surface area is 112 Å². The molecule has 3 nitrogen and oxygen atoms in total. The van der Waals surface area contributed by atoms with Crippen molar-refractivity contribution < 1.29 is 9.18 Å². The molecular formula is C13H10BrFN2O. The van der Waals surface area contributed by atoms with Crippen LogP contribution in [0.2, 0.25) is 0 Å². The van der Waals surface area contributed by atoms with Gasteiger partial charge in [0.05, 0.1) is 12.2 Å². The number of nitrogens with zero attached hydrogens (tertiary/aromatic N) is 1. The van der Waals surface area contributed by atoms with E-state index < -0.39 is 5.82 Å². The minimum Gasteiger partial charge on any atom is -0.346 e. The van der Waals surface area contributed by atoms with Gasteiger partial charge < -0.3 is 5.32 Å². The number of halogens is 2. The van der Waals surface area contributed by atoms with E-state index in [1.165, 1.54) is 18.3 Å². The predicted octanol–water partition coefficient (Wildman–Crippen LogP) is 2.91. The molecule has 0 saturated heterocycles. The van der Waals surface area contributed by atoms with Gasteiger partial charge in [0, 0.05) is 16.2 Å². The molecule has 0 spiro atoms. The van der Waals surface area contributed by atoms with Crippen molar-refractivity contribution in [2.75, 3.05) is 0 Å². The van der Waals surface area contributed by atoms with Gasteiger partial charge in [0.2, 0.25) is 0 Å². The van der Waals surface area contributed by atoms with Crippen LogP contribution in [0.4, 0.5) is 4.39 Å². The number of nitrogens with one attached hydrogen (secondary N) is 1. The monoisotopic (exact) mass is 308 g/mol. The summed E-state index contributed by atoms with van der Waals surface area (Å²) >= 11 is 3.29. The van der Waals surface area contributed by atoms with Crippen molar-refractivity contribution in [3.63, 3.8) is 0 Å². The topological polar surface area (TPSA) is 42.0 Å². The zero-order valence-electron chi connectivity index (χ0n) is 9.36. The standard InChI is InChI=1S/C13H10BrFN2O/c14-10-5-3-9(4-6-10)13(18)17-8-12-11(15)2-1-7-16-12/h1-7H,8H2,(H,17,18). The molecule has 0 aliphatic rings. The summed E-state index contributed by atoms with van der Waals surface area (Å²) in [6, 6.07) is 9.75. The second-order valence-corrected chi connectivity index (χ2v) is 4.54. The first-order valence-electron chi connectivity index (χ1n) is 5.30. The third-order valence-corrected chi connectivity index (χ3v) is 2.89. The SMILES string of the molecule is O=C(NCc1ncccc1F)c1ccc(Br)cc1. The molecule has 1 N–H and O–H groups in total. The summed E-state index contributed by atoms with van der Waals surface area (Å²) in [5.74, 6) is -0.679. The Hall–Kier alpha value is -1.75. The molecule has 2 rings (SSSR count). The zero-order chi connectivity index (χ0) is 13.0. The largest absolute Gasteiger partial charge is 0.346 e. The average Bonchev–Trinajstić information content (AvgIpc) is 2.38. The van der Waals surface area contributed by atoms with Gasteiger partial charge in [0.15, 0.2) is 0 Å². The molecule has 0 unspecified atom stereocenters. The van der Waals surface area contributed by atoms with Crippen molar-refractivity contribution in [3.05, 3.63) is 64.1 Å². The van der Waals surface area contributed by atoms with Gasteiger partial charge >= 0.3 is 0 Å². The molecule has 92 valence electrons. The van der Waals surface area contributed by atoms with Gasteiger partial charge in [-0.3, -0.25) is 9.78 Å². The lowest BCUT2D eigenvalue weighted by molar-refractivity contribution is 0.0950. The molecule has 0 radical (unpaired) electrons. The number of aromatic nitrogens is 1. The molecule has 0 atom stereocenters. The van der Waals surface area contributed by atoms with Gasteiger partial charge in [0.25, 0.3) is 5.91 Å². The highest BCUT2D eigenvalue weighted by atomic mass is 79.9. The van der Waals surface area contributed by atoms with E-state index in [4.69, 9.17) is 0 Å². The lowest BCUT2D eigenvalue weighted by Gasteiger charge is -2.05. The van der Waals surface area contributed by atoms with E-state index in [9.17, 15) is 9.18 Å². The van der Waals surface area contributed by atoms with Crippen LogP contribution in [0.5, 0.6) is 0 Å². The minimum atomic E-state index is -0.423. The Balaban J connectivity index is 2.01. The normalized spacial score (nSPS) is 10.1. The first-order valence-corrected chi connectivity index (χ1v) is 6.09. The van der Waals surface area contributed by atoms with Crippen molar-refractivity contribution in [3.8, 4) is 0 Å². The molecule has 1 amide bonds.